The van der Waals surface area contributed by atoms with Gasteiger partial charge in [0.25, 0.3) is 0 Å². The first-order chi connectivity index (χ1) is 7.83. The summed E-state index contributed by atoms with van der Waals surface area (Å²) in [5.74, 6) is 2.74. The SMILES string of the molecule is C#CCCCCC(=O)NCCC1CCCN1. The molecule has 16 heavy (non-hydrogen) atoms. The fraction of sp³-hybridized carbons (Fsp3) is 0.769. The van der Waals surface area contributed by atoms with Crippen LogP contribution >= 0.6 is 0 Å². The van der Waals surface area contributed by atoms with E-state index in [1.807, 2.05) is 0 Å². The molecular formula is C13H22N2O. The standard InChI is InChI=1S/C13H22N2O/c1-2-3-4-5-8-13(16)15-11-9-12-7-6-10-14-12/h1,12,14H,3-11H2,(H,15,16). The van der Waals surface area contributed by atoms with Crippen molar-refractivity contribution in [1.82, 2.24) is 10.6 Å². The third-order valence-electron chi connectivity index (χ3n) is 2.95. The maximum Gasteiger partial charge on any atom is 0.219 e. The van der Waals surface area contributed by atoms with Crippen LogP contribution in [0.4, 0.5) is 0 Å². The number of carbonyl (C=O) groups excluding carboxylic acids is 1. The summed E-state index contributed by atoms with van der Waals surface area (Å²) < 4.78 is 0. The van der Waals surface area contributed by atoms with Crippen LogP contribution in [0.5, 0.6) is 0 Å². The van der Waals surface area contributed by atoms with Gasteiger partial charge in [0.05, 0.1) is 0 Å². The molecular weight excluding hydrogens is 200 g/mol. The van der Waals surface area contributed by atoms with Gasteiger partial charge in [-0.1, -0.05) is 0 Å². The maximum atomic E-state index is 11.4. The van der Waals surface area contributed by atoms with Crippen LogP contribution in [0.25, 0.3) is 0 Å². The summed E-state index contributed by atoms with van der Waals surface area (Å²) in [5, 5.41) is 6.37. The third kappa shape index (κ3) is 5.77. The van der Waals surface area contributed by atoms with Crippen molar-refractivity contribution in [3.05, 3.63) is 0 Å². The molecule has 1 rings (SSSR count). The molecule has 1 unspecified atom stereocenters. The lowest BCUT2D eigenvalue weighted by molar-refractivity contribution is -0.121. The van der Waals surface area contributed by atoms with Crippen LogP contribution in [0, 0.1) is 12.3 Å². The second-order valence-electron chi connectivity index (χ2n) is 4.34. The van der Waals surface area contributed by atoms with Crippen LogP contribution in [0.1, 0.15) is 44.9 Å². The topological polar surface area (TPSA) is 41.1 Å². The molecule has 2 N–H and O–H groups in total. The molecule has 3 nitrogen and oxygen atoms in total. The minimum Gasteiger partial charge on any atom is -0.356 e. The monoisotopic (exact) mass is 222 g/mol. The molecule has 0 saturated carbocycles. The molecule has 3 heteroatoms. The van der Waals surface area contributed by atoms with E-state index in [9.17, 15) is 4.79 Å². The van der Waals surface area contributed by atoms with Gasteiger partial charge in [-0.3, -0.25) is 4.79 Å². The average Bonchev–Trinajstić information content (AvgIpc) is 2.77. The van der Waals surface area contributed by atoms with Gasteiger partial charge in [0.1, 0.15) is 0 Å². The van der Waals surface area contributed by atoms with E-state index < -0.39 is 0 Å². The number of nitrogens with one attached hydrogen (secondary N) is 2. The summed E-state index contributed by atoms with van der Waals surface area (Å²) in [7, 11) is 0. The second-order valence-corrected chi connectivity index (χ2v) is 4.34. The van der Waals surface area contributed by atoms with E-state index in [0.717, 1.165) is 38.8 Å². The first-order valence-electron chi connectivity index (χ1n) is 6.26. The molecule has 1 aliphatic heterocycles. The largest absolute Gasteiger partial charge is 0.356 e. The van der Waals surface area contributed by atoms with E-state index in [-0.39, 0.29) is 5.91 Å². The Bertz CT molecular complexity index is 239. The highest BCUT2D eigenvalue weighted by molar-refractivity contribution is 5.75. The molecule has 0 aromatic rings. The Kier molecular flexibility index (Phi) is 6.67. The van der Waals surface area contributed by atoms with Crippen molar-refractivity contribution < 1.29 is 4.79 Å². The molecule has 1 saturated heterocycles. The van der Waals surface area contributed by atoms with Gasteiger partial charge >= 0.3 is 0 Å². The lowest BCUT2D eigenvalue weighted by Crippen LogP contribution is -2.30. The van der Waals surface area contributed by atoms with Crippen molar-refractivity contribution in [3.63, 3.8) is 0 Å². The van der Waals surface area contributed by atoms with Crippen LogP contribution in [0.15, 0.2) is 0 Å². The zero-order valence-corrected chi connectivity index (χ0v) is 9.93. The summed E-state index contributed by atoms with van der Waals surface area (Å²) in [6.07, 6.45) is 11.9. The van der Waals surface area contributed by atoms with Crippen molar-refractivity contribution in [3.8, 4) is 12.3 Å². The van der Waals surface area contributed by atoms with E-state index in [2.05, 4.69) is 16.6 Å². The number of rotatable bonds is 7. The predicted octanol–water partition coefficient (Wildman–Crippen LogP) is 1.44. The van der Waals surface area contributed by atoms with Gasteiger partial charge in [-0.15, -0.1) is 12.3 Å². The quantitative estimate of drug-likeness (QED) is 0.505. The summed E-state index contributed by atoms with van der Waals surface area (Å²) in [6.45, 7) is 1.93. The highest BCUT2D eigenvalue weighted by atomic mass is 16.1. The molecule has 0 aromatic heterocycles. The van der Waals surface area contributed by atoms with Gasteiger partial charge in [0, 0.05) is 25.4 Å². The van der Waals surface area contributed by atoms with Gasteiger partial charge in [-0.25, -0.2) is 0 Å². The summed E-state index contributed by atoms with van der Waals surface area (Å²) in [6, 6.07) is 0.613. The number of unbranched alkanes of at least 4 members (excludes halogenated alkanes) is 2. The Morgan fingerprint density at radius 2 is 2.38 bits per heavy atom. The molecule has 0 aliphatic carbocycles. The highest BCUT2D eigenvalue weighted by Crippen LogP contribution is 2.07. The number of hydrogen-bond acceptors (Lipinski definition) is 2. The molecule has 1 atom stereocenters. The van der Waals surface area contributed by atoms with E-state index in [0.29, 0.717) is 12.5 Å². The number of carbonyl (C=O) groups is 1. The Labute approximate surface area is 98.4 Å². The first kappa shape index (κ1) is 13.1. The van der Waals surface area contributed by atoms with E-state index in [1.165, 1.54) is 12.8 Å². The number of amides is 1. The number of hydrogen-bond donors (Lipinski definition) is 2. The van der Waals surface area contributed by atoms with E-state index in [1.54, 1.807) is 0 Å². The third-order valence-corrected chi connectivity index (χ3v) is 2.95. The maximum absolute atomic E-state index is 11.4. The first-order valence-corrected chi connectivity index (χ1v) is 6.26. The molecule has 0 spiro atoms. The van der Waals surface area contributed by atoms with Crippen molar-refractivity contribution in [2.75, 3.05) is 13.1 Å². The Morgan fingerprint density at radius 3 is 3.06 bits per heavy atom. The minimum absolute atomic E-state index is 0.162. The summed E-state index contributed by atoms with van der Waals surface area (Å²) >= 11 is 0. The average molecular weight is 222 g/mol. The van der Waals surface area contributed by atoms with Gasteiger partial charge in [0.15, 0.2) is 0 Å². The van der Waals surface area contributed by atoms with Crippen LogP contribution in [-0.2, 0) is 4.79 Å². The summed E-state index contributed by atoms with van der Waals surface area (Å²) in [5.41, 5.74) is 0. The fourth-order valence-electron chi connectivity index (χ4n) is 1.99. The molecule has 1 heterocycles. The van der Waals surface area contributed by atoms with Gasteiger partial charge in [-0.2, -0.15) is 0 Å². The van der Waals surface area contributed by atoms with Gasteiger partial charge in [-0.05, 0) is 38.6 Å². The van der Waals surface area contributed by atoms with Crippen molar-refractivity contribution in [2.24, 2.45) is 0 Å². The smallest absolute Gasteiger partial charge is 0.219 e. The molecule has 90 valence electrons. The Balaban J connectivity index is 1.91. The van der Waals surface area contributed by atoms with E-state index in [4.69, 9.17) is 6.42 Å². The van der Waals surface area contributed by atoms with Crippen molar-refractivity contribution in [1.29, 1.82) is 0 Å². The zero-order chi connectivity index (χ0) is 11.6. The predicted molar refractivity (Wildman–Crippen MR) is 66.0 cm³/mol. The van der Waals surface area contributed by atoms with Crippen LogP contribution in [-0.4, -0.2) is 25.0 Å². The molecule has 0 bridgehead atoms. The van der Waals surface area contributed by atoms with Crippen LogP contribution in [0.2, 0.25) is 0 Å². The van der Waals surface area contributed by atoms with E-state index >= 15 is 0 Å². The number of terminal acetylenes is 1. The van der Waals surface area contributed by atoms with Crippen LogP contribution in [0.3, 0.4) is 0 Å². The van der Waals surface area contributed by atoms with Gasteiger partial charge in [0.2, 0.25) is 5.91 Å². The zero-order valence-electron chi connectivity index (χ0n) is 9.93. The normalized spacial score (nSPS) is 19.3. The second kappa shape index (κ2) is 8.18. The molecule has 1 amide bonds. The molecule has 0 aromatic carbocycles. The van der Waals surface area contributed by atoms with Crippen LogP contribution < -0.4 is 10.6 Å². The molecule has 0 radical (unpaired) electrons. The highest BCUT2D eigenvalue weighted by Gasteiger charge is 2.13. The minimum atomic E-state index is 0.162. The molecule has 1 aliphatic rings. The Hall–Kier alpha value is -1.01. The van der Waals surface area contributed by atoms with Gasteiger partial charge < -0.3 is 10.6 Å². The Morgan fingerprint density at radius 1 is 1.50 bits per heavy atom. The fourth-order valence-corrected chi connectivity index (χ4v) is 1.99. The molecule has 1 fully saturated rings. The lowest BCUT2D eigenvalue weighted by atomic mass is 10.1. The summed E-state index contributed by atoms with van der Waals surface area (Å²) in [4.78, 5) is 11.4. The van der Waals surface area contributed by atoms with Crippen molar-refractivity contribution >= 4 is 5.91 Å². The lowest BCUT2D eigenvalue weighted by Gasteiger charge is -2.10. The van der Waals surface area contributed by atoms with Crippen molar-refractivity contribution in [2.45, 2.75) is 51.0 Å².